The molecule has 0 aliphatic carbocycles. The van der Waals surface area contributed by atoms with Gasteiger partial charge in [0.2, 0.25) is 5.91 Å². The minimum Gasteiger partial charge on any atom is -0.497 e. The van der Waals surface area contributed by atoms with Crippen LogP contribution in [-0.4, -0.2) is 39.7 Å². The van der Waals surface area contributed by atoms with Gasteiger partial charge in [-0.05, 0) is 54.3 Å². The fourth-order valence-corrected chi connectivity index (χ4v) is 6.01. The number of thioether (sulfide) groups is 1. The highest BCUT2D eigenvalue weighted by Gasteiger charge is 2.31. The number of carbonyl (C=O) groups is 2. The molecule has 0 radical (unpaired) electrons. The van der Waals surface area contributed by atoms with Gasteiger partial charge in [-0.1, -0.05) is 66.3 Å². The van der Waals surface area contributed by atoms with Gasteiger partial charge >= 0.3 is 0 Å². The van der Waals surface area contributed by atoms with Crippen LogP contribution in [0.15, 0.2) is 59.6 Å². The molecule has 1 saturated heterocycles. The molecular weight excluding hydrogens is 546 g/mol. The standard InChI is InChI=1S/C27H26ClN3O3S3/c1-34-21-12-8-19(9-13-21)16-23-25(33)31(27(35)37-23)14-4-2-3-5-24(32)30-26-29-17-22(36-26)15-18-6-10-20(28)11-7-18/h6-13,16-17H,2-5,14-15H2,1H3,(H,29,30,32)/b23-16-. The van der Waals surface area contributed by atoms with Crippen LogP contribution >= 0.6 is 46.9 Å². The third-order valence-electron chi connectivity index (χ3n) is 5.66. The second-order valence-corrected chi connectivity index (χ2v) is 11.6. The summed E-state index contributed by atoms with van der Waals surface area (Å²) in [6.07, 6.45) is 7.12. The average molecular weight is 572 g/mol. The van der Waals surface area contributed by atoms with Crippen molar-refractivity contribution in [1.82, 2.24) is 9.88 Å². The number of amides is 2. The van der Waals surface area contributed by atoms with E-state index in [9.17, 15) is 9.59 Å². The number of halogens is 1. The van der Waals surface area contributed by atoms with Gasteiger partial charge < -0.3 is 10.1 Å². The lowest BCUT2D eigenvalue weighted by Crippen LogP contribution is -2.29. The number of hydrogen-bond acceptors (Lipinski definition) is 7. The maximum Gasteiger partial charge on any atom is 0.266 e. The first-order valence-electron chi connectivity index (χ1n) is 11.8. The number of ether oxygens (including phenoxy) is 1. The van der Waals surface area contributed by atoms with E-state index in [1.54, 1.807) is 18.2 Å². The fourth-order valence-electron chi connectivity index (χ4n) is 3.71. The van der Waals surface area contributed by atoms with Gasteiger partial charge in [-0.3, -0.25) is 14.5 Å². The van der Waals surface area contributed by atoms with Crippen LogP contribution in [0.3, 0.4) is 0 Å². The normalized spacial score (nSPS) is 14.4. The molecule has 37 heavy (non-hydrogen) atoms. The summed E-state index contributed by atoms with van der Waals surface area (Å²) in [6, 6.07) is 15.2. The number of nitrogens with zero attached hydrogens (tertiary/aromatic N) is 2. The topological polar surface area (TPSA) is 71.5 Å². The van der Waals surface area contributed by atoms with Crippen molar-refractivity contribution in [3.05, 3.63) is 80.7 Å². The molecule has 10 heteroatoms. The molecule has 0 unspecified atom stereocenters. The Morgan fingerprint density at radius 1 is 1.14 bits per heavy atom. The van der Waals surface area contributed by atoms with Gasteiger partial charge in [-0.25, -0.2) is 4.98 Å². The molecule has 1 aliphatic heterocycles. The van der Waals surface area contributed by atoms with Crippen LogP contribution in [0.5, 0.6) is 5.75 Å². The number of hydrogen-bond donors (Lipinski definition) is 1. The molecule has 1 aliphatic rings. The number of methoxy groups -OCH3 is 1. The van der Waals surface area contributed by atoms with E-state index in [1.165, 1.54) is 23.1 Å². The highest BCUT2D eigenvalue weighted by Crippen LogP contribution is 2.33. The summed E-state index contributed by atoms with van der Waals surface area (Å²) >= 11 is 14.2. The van der Waals surface area contributed by atoms with Gasteiger partial charge in [0.1, 0.15) is 10.1 Å². The molecular formula is C27H26ClN3O3S3. The zero-order chi connectivity index (χ0) is 26.2. The SMILES string of the molecule is COc1ccc(/C=C2\SC(=S)N(CCCCCC(=O)Nc3ncc(Cc4ccc(Cl)cc4)s3)C2=O)cc1. The van der Waals surface area contributed by atoms with E-state index in [-0.39, 0.29) is 11.8 Å². The zero-order valence-corrected chi connectivity index (χ0v) is 23.4. The highest BCUT2D eigenvalue weighted by atomic mass is 35.5. The summed E-state index contributed by atoms with van der Waals surface area (Å²) in [5, 5.41) is 4.20. The van der Waals surface area contributed by atoms with Crippen LogP contribution in [0.1, 0.15) is 41.7 Å². The minimum atomic E-state index is -0.0678. The smallest absolute Gasteiger partial charge is 0.266 e. The van der Waals surface area contributed by atoms with Crippen molar-refractivity contribution < 1.29 is 14.3 Å². The van der Waals surface area contributed by atoms with Crippen LogP contribution in [0.25, 0.3) is 6.08 Å². The molecule has 1 aromatic heterocycles. The van der Waals surface area contributed by atoms with Crippen molar-refractivity contribution in [2.24, 2.45) is 0 Å². The third-order valence-corrected chi connectivity index (χ3v) is 8.21. The van der Waals surface area contributed by atoms with Crippen LogP contribution in [-0.2, 0) is 16.0 Å². The zero-order valence-electron chi connectivity index (χ0n) is 20.2. The molecule has 0 saturated carbocycles. The quantitative estimate of drug-likeness (QED) is 0.155. The average Bonchev–Trinajstić information content (AvgIpc) is 3.43. The number of anilines is 1. The summed E-state index contributed by atoms with van der Waals surface area (Å²) in [7, 11) is 1.62. The van der Waals surface area contributed by atoms with Crippen LogP contribution < -0.4 is 10.1 Å². The van der Waals surface area contributed by atoms with Gasteiger partial charge in [0.25, 0.3) is 5.91 Å². The molecule has 2 heterocycles. The Morgan fingerprint density at radius 3 is 2.62 bits per heavy atom. The third kappa shape index (κ3) is 7.88. The monoisotopic (exact) mass is 571 g/mol. The van der Waals surface area contributed by atoms with Gasteiger partial charge in [0.05, 0.1) is 12.0 Å². The number of aromatic nitrogens is 1. The van der Waals surface area contributed by atoms with Gasteiger partial charge in [0.15, 0.2) is 5.13 Å². The molecule has 0 atom stereocenters. The van der Waals surface area contributed by atoms with E-state index in [2.05, 4.69) is 10.3 Å². The first kappa shape index (κ1) is 27.3. The minimum absolute atomic E-state index is 0.0552. The Balaban J connectivity index is 1.16. The van der Waals surface area contributed by atoms with Gasteiger partial charge in [0, 0.05) is 35.5 Å². The largest absolute Gasteiger partial charge is 0.497 e. The Bertz CT molecular complexity index is 1290. The van der Waals surface area contributed by atoms with Crippen LogP contribution in [0, 0.1) is 0 Å². The fraction of sp³-hybridized carbons (Fsp3) is 0.259. The second kappa shape index (κ2) is 13.2. The maximum absolute atomic E-state index is 12.8. The molecule has 6 nitrogen and oxygen atoms in total. The molecule has 1 N–H and O–H groups in total. The first-order valence-corrected chi connectivity index (χ1v) is 14.2. The Morgan fingerprint density at radius 2 is 1.89 bits per heavy atom. The van der Waals surface area contributed by atoms with Crippen LogP contribution in [0.4, 0.5) is 5.13 Å². The molecule has 1 fully saturated rings. The Labute approximate surface area is 235 Å². The predicted octanol–water partition coefficient (Wildman–Crippen LogP) is 6.80. The number of thiocarbonyl (C=S) groups is 1. The van der Waals surface area contributed by atoms with Crippen molar-refractivity contribution in [2.75, 3.05) is 19.0 Å². The molecule has 3 aromatic rings. The van der Waals surface area contributed by atoms with E-state index in [4.69, 9.17) is 28.6 Å². The van der Waals surface area contributed by atoms with E-state index >= 15 is 0 Å². The number of nitrogens with one attached hydrogen (secondary N) is 1. The van der Waals surface area contributed by atoms with Crippen molar-refractivity contribution in [3.8, 4) is 5.75 Å². The molecule has 0 spiro atoms. The summed E-state index contributed by atoms with van der Waals surface area (Å²) in [5.74, 6) is 0.645. The van der Waals surface area contributed by atoms with Gasteiger partial charge in [-0.2, -0.15) is 0 Å². The maximum atomic E-state index is 12.8. The van der Waals surface area contributed by atoms with Crippen molar-refractivity contribution in [1.29, 1.82) is 0 Å². The van der Waals surface area contributed by atoms with Crippen molar-refractivity contribution in [3.63, 3.8) is 0 Å². The second-order valence-electron chi connectivity index (χ2n) is 8.40. The number of thiazole rings is 1. The van der Waals surface area contributed by atoms with E-state index in [0.717, 1.165) is 47.4 Å². The lowest BCUT2D eigenvalue weighted by Gasteiger charge is -2.14. The van der Waals surface area contributed by atoms with E-state index in [0.29, 0.717) is 32.3 Å². The van der Waals surface area contributed by atoms with Gasteiger partial charge in [-0.15, -0.1) is 11.3 Å². The molecule has 4 rings (SSSR count). The molecule has 2 amide bonds. The highest BCUT2D eigenvalue weighted by molar-refractivity contribution is 8.26. The number of rotatable bonds is 11. The van der Waals surface area contributed by atoms with Crippen LogP contribution in [0.2, 0.25) is 5.02 Å². The molecule has 192 valence electrons. The number of benzene rings is 2. The summed E-state index contributed by atoms with van der Waals surface area (Å²) in [4.78, 5) is 32.8. The molecule has 2 aromatic carbocycles. The molecule has 0 bridgehead atoms. The summed E-state index contributed by atoms with van der Waals surface area (Å²) in [5.41, 5.74) is 2.06. The first-order chi connectivity index (χ1) is 17.9. The Hall–Kier alpha value is -2.72. The lowest BCUT2D eigenvalue weighted by atomic mass is 10.1. The predicted molar refractivity (Wildman–Crippen MR) is 156 cm³/mol. The number of carbonyl (C=O) groups excluding carboxylic acids is 2. The lowest BCUT2D eigenvalue weighted by molar-refractivity contribution is -0.122. The van der Waals surface area contributed by atoms with Crippen molar-refractivity contribution in [2.45, 2.75) is 32.1 Å². The summed E-state index contributed by atoms with van der Waals surface area (Å²) in [6.45, 7) is 0.548. The van der Waals surface area contributed by atoms with E-state index < -0.39 is 0 Å². The summed E-state index contributed by atoms with van der Waals surface area (Å²) < 4.78 is 5.74. The number of unbranched alkanes of at least 4 members (excludes halogenated alkanes) is 2. The van der Waals surface area contributed by atoms with Crippen molar-refractivity contribution >= 4 is 74.3 Å². The Kier molecular flexibility index (Phi) is 9.74. The van der Waals surface area contributed by atoms with E-state index in [1.807, 2.05) is 54.6 Å².